The lowest BCUT2D eigenvalue weighted by Crippen LogP contribution is -2.29. The lowest BCUT2D eigenvalue weighted by molar-refractivity contribution is 0.0656. The van der Waals surface area contributed by atoms with Crippen molar-refractivity contribution in [3.63, 3.8) is 0 Å². The predicted octanol–water partition coefficient (Wildman–Crippen LogP) is 2.15. The van der Waals surface area contributed by atoms with Gasteiger partial charge in [0.1, 0.15) is 5.82 Å². The van der Waals surface area contributed by atoms with Gasteiger partial charge in [-0.25, -0.2) is 4.39 Å². The molecule has 0 saturated carbocycles. The Labute approximate surface area is 115 Å². The summed E-state index contributed by atoms with van der Waals surface area (Å²) in [5.74, 6) is 5.16. The Morgan fingerprint density at radius 2 is 2.17 bits per heavy atom. The number of methoxy groups -OCH3 is 1. The fraction of sp³-hybridized carbons (Fsp3) is 0.500. The van der Waals surface area contributed by atoms with E-state index in [-0.39, 0.29) is 11.9 Å². The van der Waals surface area contributed by atoms with Crippen LogP contribution in [0.4, 0.5) is 4.39 Å². The Hall–Kier alpha value is -0.530. The molecular formula is C12H18BrFN2O2. The second-order valence-corrected chi connectivity index (χ2v) is 4.61. The molecule has 1 aromatic rings. The molecule has 0 fully saturated rings. The molecule has 18 heavy (non-hydrogen) atoms. The van der Waals surface area contributed by atoms with E-state index in [1.807, 2.05) is 0 Å². The summed E-state index contributed by atoms with van der Waals surface area (Å²) in [5, 5.41) is 0. The van der Waals surface area contributed by atoms with E-state index in [9.17, 15) is 4.39 Å². The molecule has 0 spiro atoms. The zero-order valence-electron chi connectivity index (χ0n) is 10.3. The standard InChI is InChI=1S/C12H18BrFN2O2/c1-17-7-8-18-6-5-11(16-15)9-3-2-4-10(13)12(9)14/h2-4,11,16H,5-8,15H2,1H3. The summed E-state index contributed by atoms with van der Waals surface area (Å²) in [6, 6.07) is 4.87. The van der Waals surface area contributed by atoms with Crippen molar-refractivity contribution in [2.24, 2.45) is 5.84 Å². The molecule has 0 aliphatic carbocycles. The van der Waals surface area contributed by atoms with E-state index in [0.717, 1.165) is 0 Å². The van der Waals surface area contributed by atoms with Crippen molar-refractivity contribution >= 4 is 15.9 Å². The molecule has 0 aromatic heterocycles. The van der Waals surface area contributed by atoms with Crippen molar-refractivity contribution in [3.05, 3.63) is 34.1 Å². The van der Waals surface area contributed by atoms with Crippen LogP contribution in [-0.2, 0) is 9.47 Å². The van der Waals surface area contributed by atoms with E-state index < -0.39 is 0 Å². The first-order valence-corrected chi connectivity index (χ1v) is 6.46. The fourth-order valence-electron chi connectivity index (χ4n) is 1.56. The van der Waals surface area contributed by atoms with Gasteiger partial charge in [0.15, 0.2) is 0 Å². The third-order valence-electron chi connectivity index (χ3n) is 2.54. The Balaban J connectivity index is 2.52. The second kappa shape index (κ2) is 8.55. The van der Waals surface area contributed by atoms with Gasteiger partial charge >= 0.3 is 0 Å². The number of hydrogen-bond donors (Lipinski definition) is 2. The molecule has 6 heteroatoms. The first kappa shape index (κ1) is 15.5. The fourth-order valence-corrected chi connectivity index (χ4v) is 1.95. The van der Waals surface area contributed by atoms with Gasteiger partial charge in [-0.05, 0) is 28.4 Å². The maximum absolute atomic E-state index is 13.9. The Morgan fingerprint density at radius 1 is 1.39 bits per heavy atom. The highest BCUT2D eigenvalue weighted by Gasteiger charge is 2.15. The van der Waals surface area contributed by atoms with Gasteiger partial charge in [0.05, 0.1) is 23.7 Å². The van der Waals surface area contributed by atoms with Crippen LogP contribution in [-0.4, -0.2) is 26.9 Å². The molecule has 102 valence electrons. The Morgan fingerprint density at radius 3 is 2.83 bits per heavy atom. The molecule has 1 aromatic carbocycles. The lowest BCUT2D eigenvalue weighted by Gasteiger charge is -2.17. The van der Waals surface area contributed by atoms with Crippen LogP contribution in [0.3, 0.4) is 0 Å². The van der Waals surface area contributed by atoms with Crippen LogP contribution in [0.5, 0.6) is 0 Å². The maximum atomic E-state index is 13.9. The van der Waals surface area contributed by atoms with E-state index >= 15 is 0 Å². The minimum Gasteiger partial charge on any atom is -0.382 e. The number of benzene rings is 1. The molecule has 0 aliphatic rings. The van der Waals surface area contributed by atoms with E-state index in [0.29, 0.717) is 36.3 Å². The number of hydrogen-bond acceptors (Lipinski definition) is 4. The summed E-state index contributed by atoms with van der Waals surface area (Å²) in [4.78, 5) is 0. The van der Waals surface area contributed by atoms with Gasteiger partial charge in [-0.15, -0.1) is 0 Å². The van der Waals surface area contributed by atoms with Crippen LogP contribution in [0.2, 0.25) is 0 Å². The number of ether oxygens (including phenoxy) is 2. The van der Waals surface area contributed by atoms with Crippen LogP contribution < -0.4 is 11.3 Å². The normalized spacial score (nSPS) is 12.7. The summed E-state index contributed by atoms with van der Waals surface area (Å²) in [6.07, 6.45) is 0.591. The van der Waals surface area contributed by atoms with Crippen molar-refractivity contribution in [2.45, 2.75) is 12.5 Å². The number of halogens is 2. The SMILES string of the molecule is COCCOCCC(NN)c1cccc(Br)c1F. The number of nitrogens with one attached hydrogen (secondary N) is 1. The molecule has 1 atom stereocenters. The highest BCUT2D eigenvalue weighted by atomic mass is 79.9. The second-order valence-electron chi connectivity index (χ2n) is 3.76. The predicted molar refractivity (Wildman–Crippen MR) is 71.5 cm³/mol. The van der Waals surface area contributed by atoms with Gasteiger partial charge in [-0.3, -0.25) is 11.3 Å². The molecule has 1 unspecified atom stereocenters. The molecule has 0 amide bonds. The molecule has 0 saturated heterocycles. The Bertz CT molecular complexity index is 366. The van der Waals surface area contributed by atoms with Gasteiger partial charge in [0.25, 0.3) is 0 Å². The third-order valence-corrected chi connectivity index (χ3v) is 3.15. The smallest absolute Gasteiger partial charge is 0.142 e. The van der Waals surface area contributed by atoms with Crippen molar-refractivity contribution in [1.29, 1.82) is 0 Å². The minimum absolute atomic E-state index is 0.273. The molecular weight excluding hydrogens is 303 g/mol. The van der Waals surface area contributed by atoms with Gasteiger partial charge < -0.3 is 9.47 Å². The average molecular weight is 321 g/mol. The molecule has 0 heterocycles. The molecule has 0 radical (unpaired) electrons. The third kappa shape index (κ3) is 4.62. The molecule has 0 bridgehead atoms. The molecule has 0 aliphatic heterocycles. The largest absolute Gasteiger partial charge is 0.382 e. The summed E-state index contributed by atoms with van der Waals surface area (Å²) in [6.45, 7) is 1.56. The summed E-state index contributed by atoms with van der Waals surface area (Å²) >= 11 is 3.15. The van der Waals surface area contributed by atoms with Crippen molar-refractivity contribution in [3.8, 4) is 0 Å². The van der Waals surface area contributed by atoms with Crippen LogP contribution >= 0.6 is 15.9 Å². The summed E-state index contributed by atoms with van der Waals surface area (Å²) in [7, 11) is 1.62. The van der Waals surface area contributed by atoms with Crippen LogP contribution in [0.1, 0.15) is 18.0 Å². The van der Waals surface area contributed by atoms with Crippen LogP contribution in [0.25, 0.3) is 0 Å². The molecule has 4 nitrogen and oxygen atoms in total. The van der Waals surface area contributed by atoms with Crippen molar-refractivity contribution in [2.75, 3.05) is 26.9 Å². The van der Waals surface area contributed by atoms with E-state index in [1.54, 1.807) is 25.3 Å². The molecule has 1 rings (SSSR count). The van der Waals surface area contributed by atoms with Crippen molar-refractivity contribution in [1.82, 2.24) is 5.43 Å². The number of hydrazine groups is 1. The lowest BCUT2D eigenvalue weighted by atomic mass is 10.0. The van der Waals surface area contributed by atoms with Crippen LogP contribution in [0, 0.1) is 5.82 Å². The quantitative estimate of drug-likeness (QED) is 0.438. The molecule has 3 N–H and O–H groups in total. The van der Waals surface area contributed by atoms with Crippen molar-refractivity contribution < 1.29 is 13.9 Å². The van der Waals surface area contributed by atoms with Gasteiger partial charge in [0, 0.05) is 19.3 Å². The van der Waals surface area contributed by atoms with Crippen LogP contribution in [0.15, 0.2) is 22.7 Å². The van der Waals surface area contributed by atoms with E-state index in [1.165, 1.54) is 0 Å². The zero-order chi connectivity index (χ0) is 13.4. The highest BCUT2D eigenvalue weighted by molar-refractivity contribution is 9.10. The average Bonchev–Trinajstić information content (AvgIpc) is 2.38. The van der Waals surface area contributed by atoms with E-state index in [4.69, 9.17) is 15.3 Å². The number of nitrogens with two attached hydrogens (primary N) is 1. The first-order chi connectivity index (χ1) is 8.70. The summed E-state index contributed by atoms with van der Waals surface area (Å²) < 4.78 is 24.5. The van der Waals surface area contributed by atoms with E-state index in [2.05, 4.69) is 21.4 Å². The first-order valence-electron chi connectivity index (χ1n) is 5.67. The summed E-state index contributed by atoms with van der Waals surface area (Å²) in [5.41, 5.74) is 3.14. The van der Waals surface area contributed by atoms with Gasteiger partial charge in [-0.2, -0.15) is 0 Å². The van der Waals surface area contributed by atoms with Gasteiger partial charge in [-0.1, -0.05) is 12.1 Å². The maximum Gasteiger partial charge on any atom is 0.142 e. The van der Waals surface area contributed by atoms with Gasteiger partial charge in [0.2, 0.25) is 0 Å². The zero-order valence-corrected chi connectivity index (χ0v) is 11.9. The highest BCUT2D eigenvalue weighted by Crippen LogP contribution is 2.25. The monoisotopic (exact) mass is 320 g/mol. The minimum atomic E-state index is -0.294. The topological polar surface area (TPSA) is 56.5 Å². The Kier molecular flexibility index (Phi) is 7.38. The number of rotatable bonds is 8.